The topological polar surface area (TPSA) is 52.3 Å². The van der Waals surface area contributed by atoms with E-state index in [1.165, 1.54) is 0 Å². The highest BCUT2D eigenvalue weighted by atomic mass is 79.9. The van der Waals surface area contributed by atoms with Crippen LogP contribution in [0.2, 0.25) is 0 Å². The van der Waals surface area contributed by atoms with Gasteiger partial charge in [-0.25, -0.2) is 4.79 Å². The largest absolute Gasteiger partial charge is 0.438 e. The zero-order valence-electron chi connectivity index (χ0n) is 7.50. The van der Waals surface area contributed by atoms with Crippen LogP contribution in [0.4, 0.5) is 4.79 Å². The van der Waals surface area contributed by atoms with Crippen molar-refractivity contribution in [1.29, 1.82) is 0 Å². The van der Waals surface area contributed by atoms with Crippen molar-refractivity contribution in [3.8, 4) is 0 Å². The summed E-state index contributed by atoms with van der Waals surface area (Å²) in [5.74, 6) is 0. The van der Waals surface area contributed by atoms with Crippen LogP contribution in [0.1, 0.15) is 18.4 Å². The maximum atomic E-state index is 10.7. The third-order valence-electron chi connectivity index (χ3n) is 2.36. The zero-order valence-corrected chi connectivity index (χ0v) is 9.08. The van der Waals surface area contributed by atoms with Gasteiger partial charge in [-0.3, -0.25) is 0 Å². The number of nitrogens with two attached hydrogens (primary N) is 1. The number of hydrogen-bond acceptors (Lipinski definition) is 2. The molecular weight excluding hydrogens is 246 g/mol. The molecule has 74 valence electrons. The first kappa shape index (κ1) is 9.52. The number of hydrogen-bond donors (Lipinski definition) is 1. The van der Waals surface area contributed by atoms with E-state index in [4.69, 9.17) is 10.5 Å². The average Bonchev–Trinajstić information content (AvgIpc) is 2.85. The highest BCUT2D eigenvalue weighted by molar-refractivity contribution is 9.10. The van der Waals surface area contributed by atoms with Crippen LogP contribution in [0.5, 0.6) is 0 Å². The number of halogens is 1. The number of rotatable bonds is 2. The Balaban J connectivity index is 2.31. The molecule has 2 N–H and O–H groups in total. The Labute approximate surface area is 90.4 Å². The molecule has 1 aliphatic rings. The molecule has 14 heavy (non-hydrogen) atoms. The van der Waals surface area contributed by atoms with Crippen LogP contribution >= 0.6 is 15.9 Å². The van der Waals surface area contributed by atoms with E-state index < -0.39 is 11.7 Å². The highest BCUT2D eigenvalue weighted by Crippen LogP contribution is 2.51. The second-order valence-corrected chi connectivity index (χ2v) is 4.25. The Kier molecular flexibility index (Phi) is 2.23. The van der Waals surface area contributed by atoms with Crippen molar-refractivity contribution in [2.24, 2.45) is 5.73 Å². The number of benzene rings is 1. The summed E-state index contributed by atoms with van der Waals surface area (Å²) in [4.78, 5) is 10.7. The fraction of sp³-hybridized carbons (Fsp3) is 0.300. The maximum Gasteiger partial charge on any atom is 0.405 e. The molecule has 0 aliphatic heterocycles. The summed E-state index contributed by atoms with van der Waals surface area (Å²) < 4.78 is 6.08. The van der Waals surface area contributed by atoms with Crippen molar-refractivity contribution in [3.05, 3.63) is 34.3 Å². The molecule has 0 unspecified atom stereocenters. The molecule has 0 atom stereocenters. The van der Waals surface area contributed by atoms with Crippen molar-refractivity contribution < 1.29 is 9.53 Å². The van der Waals surface area contributed by atoms with Gasteiger partial charge in [-0.1, -0.05) is 34.1 Å². The summed E-state index contributed by atoms with van der Waals surface area (Å²) in [6.07, 6.45) is 0.982. The van der Waals surface area contributed by atoms with Crippen molar-refractivity contribution in [3.63, 3.8) is 0 Å². The zero-order chi connectivity index (χ0) is 10.2. The summed E-state index contributed by atoms with van der Waals surface area (Å²) in [5.41, 5.74) is 5.56. The Morgan fingerprint density at radius 2 is 2.07 bits per heavy atom. The van der Waals surface area contributed by atoms with Gasteiger partial charge in [0, 0.05) is 10.0 Å². The summed E-state index contributed by atoms with van der Waals surface area (Å²) in [7, 11) is 0. The Hall–Kier alpha value is -1.03. The van der Waals surface area contributed by atoms with Crippen molar-refractivity contribution in [2.75, 3.05) is 0 Å². The lowest BCUT2D eigenvalue weighted by molar-refractivity contribution is 0.0895. The van der Waals surface area contributed by atoms with Gasteiger partial charge in [-0.05, 0) is 18.9 Å². The molecular formula is C10H10BrNO2. The van der Waals surface area contributed by atoms with Crippen molar-refractivity contribution in [2.45, 2.75) is 18.4 Å². The average molecular weight is 256 g/mol. The van der Waals surface area contributed by atoms with Crippen LogP contribution in [0.25, 0.3) is 0 Å². The molecule has 0 radical (unpaired) electrons. The minimum Gasteiger partial charge on any atom is -0.438 e. The van der Waals surface area contributed by atoms with E-state index in [0.717, 1.165) is 22.9 Å². The standard InChI is InChI=1S/C10H10BrNO2/c11-8-4-2-1-3-7(8)10(5-6-10)14-9(12)13/h1-4H,5-6H2,(H2,12,13). The number of ether oxygens (including phenoxy) is 1. The Morgan fingerprint density at radius 3 is 2.57 bits per heavy atom. The SMILES string of the molecule is NC(=O)OC1(c2ccccc2Br)CC1. The first-order chi connectivity index (χ1) is 6.64. The van der Waals surface area contributed by atoms with E-state index in [2.05, 4.69) is 15.9 Å². The lowest BCUT2D eigenvalue weighted by Crippen LogP contribution is -2.22. The number of carbonyl (C=O) groups excluding carboxylic acids is 1. The smallest absolute Gasteiger partial charge is 0.405 e. The summed E-state index contributed by atoms with van der Waals surface area (Å²) >= 11 is 3.43. The van der Waals surface area contributed by atoms with Gasteiger partial charge in [0.15, 0.2) is 0 Å². The predicted molar refractivity (Wildman–Crippen MR) is 55.7 cm³/mol. The molecule has 0 aromatic heterocycles. The van der Waals surface area contributed by atoms with Gasteiger partial charge in [-0.2, -0.15) is 0 Å². The third kappa shape index (κ3) is 1.62. The van der Waals surface area contributed by atoms with Crippen molar-refractivity contribution in [1.82, 2.24) is 0 Å². The molecule has 4 heteroatoms. The van der Waals surface area contributed by atoms with E-state index in [1.807, 2.05) is 24.3 Å². The molecule has 1 aliphatic carbocycles. The molecule has 1 fully saturated rings. The number of carbonyl (C=O) groups is 1. The highest BCUT2D eigenvalue weighted by Gasteiger charge is 2.49. The van der Waals surface area contributed by atoms with E-state index in [1.54, 1.807) is 0 Å². The van der Waals surface area contributed by atoms with Crippen molar-refractivity contribution >= 4 is 22.0 Å². The first-order valence-corrected chi connectivity index (χ1v) is 5.17. The fourth-order valence-electron chi connectivity index (χ4n) is 1.56. The Bertz CT molecular complexity index is 374. The summed E-state index contributed by atoms with van der Waals surface area (Å²) in [6, 6.07) is 7.72. The third-order valence-corrected chi connectivity index (χ3v) is 3.06. The van der Waals surface area contributed by atoms with Crippen LogP contribution in [-0.4, -0.2) is 6.09 Å². The van der Waals surface area contributed by atoms with E-state index in [-0.39, 0.29) is 0 Å². The molecule has 3 nitrogen and oxygen atoms in total. The number of amides is 1. The summed E-state index contributed by atoms with van der Waals surface area (Å²) in [6.45, 7) is 0. The molecule has 0 bridgehead atoms. The van der Waals surface area contributed by atoms with Gasteiger partial charge in [0.25, 0.3) is 0 Å². The predicted octanol–water partition coefficient (Wildman–Crippen LogP) is 2.53. The Morgan fingerprint density at radius 1 is 1.43 bits per heavy atom. The minimum absolute atomic E-state index is 0.466. The molecule has 1 aromatic carbocycles. The lowest BCUT2D eigenvalue weighted by atomic mass is 10.1. The van der Waals surface area contributed by atoms with Gasteiger partial charge in [0.05, 0.1) is 0 Å². The van der Waals surface area contributed by atoms with E-state index >= 15 is 0 Å². The van der Waals surface area contributed by atoms with Crippen LogP contribution < -0.4 is 5.73 Å². The van der Waals surface area contributed by atoms with Gasteiger partial charge >= 0.3 is 6.09 Å². The van der Waals surface area contributed by atoms with Crippen LogP contribution in [0.3, 0.4) is 0 Å². The first-order valence-electron chi connectivity index (χ1n) is 4.37. The number of primary amides is 1. The minimum atomic E-state index is -0.710. The molecule has 0 saturated heterocycles. The lowest BCUT2D eigenvalue weighted by Gasteiger charge is -2.16. The molecule has 1 saturated carbocycles. The normalized spacial score (nSPS) is 17.5. The van der Waals surface area contributed by atoms with Gasteiger partial charge in [0.2, 0.25) is 0 Å². The van der Waals surface area contributed by atoms with Gasteiger partial charge < -0.3 is 10.5 Å². The molecule has 0 heterocycles. The van der Waals surface area contributed by atoms with E-state index in [0.29, 0.717) is 0 Å². The molecule has 1 amide bonds. The molecule has 0 spiro atoms. The maximum absolute atomic E-state index is 10.7. The fourth-order valence-corrected chi connectivity index (χ4v) is 2.21. The van der Waals surface area contributed by atoms with E-state index in [9.17, 15) is 4.79 Å². The second-order valence-electron chi connectivity index (χ2n) is 3.40. The molecule has 1 aromatic rings. The molecule has 2 rings (SSSR count). The summed E-state index contributed by atoms with van der Waals surface area (Å²) in [5, 5.41) is 0. The van der Waals surface area contributed by atoms with Gasteiger partial charge in [-0.15, -0.1) is 0 Å². The quantitative estimate of drug-likeness (QED) is 0.883. The van der Waals surface area contributed by atoms with Crippen LogP contribution in [-0.2, 0) is 10.3 Å². The second kappa shape index (κ2) is 3.28. The monoisotopic (exact) mass is 255 g/mol. The van der Waals surface area contributed by atoms with Crippen LogP contribution in [0.15, 0.2) is 28.7 Å². The van der Waals surface area contributed by atoms with Gasteiger partial charge in [0.1, 0.15) is 5.60 Å². The van der Waals surface area contributed by atoms with Crippen LogP contribution in [0, 0.1) is 0 Å².